The summed E-state index contributed by atoms with van der Waals surface area (Å²) in [6.07, 6.45) is -3.37. The van der Waals surface area contributed by atoms with Crippen molar-refractivity contribution in [3.8, 4) is 0 Å². The number of hydrogen-bond donors (Lipinski definition) is 0. The van der Waals surface area contributed by atoms with Crippen molar-refractivity contribution in [2.45, 2.75) is 20.1 Å². The van der Waals surface area contributed by atoms with E-state index in [1.807, 2.05) is 0 Å². The monoisotopic (exact) mass is 225 g/mol. The van der Waals surface area contributed by atoms with E-state index in [1.54, 1.807) is 0 Å². The smallest absolute Gasteiger partial charge is 0.128 e. The molecular weight excluding hydrogens is 204 g/mol. The number of hydrogen-bond acceptors (Lipinski definition) is 2. The van der Waals surface area contributed by atoms with Gasteiger partial charge in [0.15, 0.2) is 0 Å². The lowest BCUT2D eigenvalue weighted by molar-refractivity contribution is 0.627. The molecular formula is C8H11BrN2. The summed E-state index contributed by atoms with van der Waals surface area (Å²) in [6.45, 7) is -7.07. The van der Waals surface area contributed by atoms with E-state index in [2.05, 4.69) is 26.1 Å². The van der Waals surface area contributed by atoms with Crippen LogP contribution in [-0.2, 0) is 6.37 Å². The zero-order valence-corrected chi connectivity index (χ0v) is 6.86. The molecule has 0 spiro atoms. The summed E-state index contributed by atoms with van der Waals surface area (Å²) in [5.41, 5.74) is -0.983. The van der Waals surface area contributed by atoms with Gasteiger partial charge >= 0.3 is 0 Å². The molecule has 0 N–H and O–H groups in total. The topological polar surface area (TPSA) is 25.8 Å². The maximum atomic E-state index is 7.88. The molecule has 1 rings (SSSR count). The molecule has 0 atom stereocenters. The molecule has 0 aliphatic carbocycles. The van der Waals surface area contributed by atoms with Gasteiger partial charge in [-0.3, -0.25) is 0 Å². The Morgan fingerprint density at radius 3 is 3.36 bits per heavy atom. The molecule has 1 aromatic heterocycles. The molecule has 2 nitrogen and oxygen atoms in total. The highest BCUT2D eigenvalue weighted by Crippen LogP contribution is 2.07. The van der Waals surface area contributed by atoms with E-state index in [0.29, 0.717) is 0 Å². The van der Waals surface area contributed by atoms with E-state index in [-0.39, 0.29) is 4.60 Å². The Kier molecular flexibility index (Phi) is 0.719. The molecule has 0 radical (unpaired) electrons. The zero-order chi connectivity index (χ0) is 17.7. The van der Waals surface area contributed by atoms with Crippen molar-refractivity contribution in [3.63, 3.8) is 0 Å². The second-order valence-corrected chi connectivity index (χ2v) is 2.34. The Morgan fingerprint density at radius 2 is 2.64 bits per heavy atom. The highest BCUT2D eigenvalue weighted by molar-refractivity contribution is 9.10. The van der Waals surface area contributed by atoms with Gasteiger partial charge in [0, 0.05) is 12.3 Å². The molecule has 0 fully saturated rings. The summed E-state index contributed by atoms with van der Waals surface area (Å²) in [5, 5.41) is 6.66. The van der Waals surface area contributed by atoms with Crippen LogP contribution in [0.1, 0.15) is 34.5 Å². The molecule has 0 amide bonds. The van der Waals surface area contributed by atoms with Crippen LogP contribution in [0.3, 0.4) is 0 Å². The van der Waals surface area contributed by atoms with E-state index in [0.717, 1.165) is 0 Å². The maximum absolute atomic E-state index is 7.88. The Hall–Kier alpha value is -0.440. The standard InChI is InChI=1S/C8H11BrN2/c1-6(2)5-7-3-4-8(9)11-10-7/h3-4,6H,5H2,1-2H3/i1D3,2D3,3D,4D,5D2,6D. The summed E-state index contributed by atoms with van der Waals surface area (Å²) >= 11 is 2.80. The van der Waals surface area contributed by atoms with Crippen LogP contribution in [0.4, 0.5) is 0 Å². The van der Waals surface area contributed by atoms with Gasteiger partial charge in [-0.05, 0) is 40.3 Å². The van der Waals surface area contributed by atoms with Crippen LogP contribution < -0.4 is 0 Å². The van der Waals surface area contributed by atoms with Crippen LogP contribution in [0.5, 0.6) is 0 Å². The number of aromatic nitrogens is 2. The van der Waals surface area contributed by atoms with Gasteiger partial charge in [0.25, 0.3) is 0 Å². The van der Waals surface area contributed by atoms with Crippen LogP contribution in [0, 0.1) is 5.89 Å². The number of halogens is 1. The lowest BCUT2D eigenvalue weighted by atomic mass is 10.1. The second kappa shape index (κ2) is 3.81. The predicted octanol–water partition coefficient (Wildman–Crippen LogP) is 2.44. The van der Waals surface area contributed by atoms with E-state index in [1.165, 1.54) is 0 Å². The van der Waals surface area contributed by atoms with Crippen molar-refractivity contribution >= 4 is 15.9 Å². The first kappa shape index (κ1) is 2.08. The lowest BCUT2D eigenvalue weighted by Gasteiger charge is -2.01. The van der Waals surface area contributed by atoms with Crippen molar-refractivity contribution in [1.82, 2.24) is 10.2 Å². The highest BCUT2D eigenvalue weighted by Gasteiger charge is 1.98. The fourth-order valence-electron chi connectivity index (χ4n) is 0.429. The molecule has 1 heterocycles. The fourth-order valence-corrected chi connectivity index (χ4v) is 0.608. The van der Waals surface area contributed by atoms with Gasteiger partial charge in [-0.15, -0.1) is 5.10 Å². The van der Waals surface area contributed by atoms with Crippen LogP contribution in [0.25, 0.3) is 0 Å². The average molecular weight is 226 g/mol. The molecule has 0 aromatic carbocycles. The third-order valence-corrected chi connectivity index (χ3v) is 1.12. The van der Waals surface area contributed by atoms with Crippen molar-refractivity contribution in [1.29, 1.82) is 0 Å². The largest absolute Gasteiger partial charge is 0.155 e. The average Bonchev–Trinajstić information content (AvgIpc) is 2.31. The van der Waals surface area contributed by atoms with Crippen molar-refractivity contribution in [2.24, 2.45) is 5.89 Å². The third kappa shape index (κ3) is 2.97. The van der Waals surface area contributed by atoms with Crippen molar-refractivity contribution in [2.75, 3.05) is 0 Å². The van der Waals surface area contributed by atoms with Crippen LogP contribution in [0.2, 0.25) is 0 Å². The Labute approximate surface area is 90.6 Å². The Bertz CT molecular complexity index is 565. The van der Waals surface area contributed by atoms with Crippen molar-refractivity contribution < 1.29 is 15.1 Å². The summed E-state index contributed by atoms with van der Waals surface area (Å²) in [5.74, 6) is -3.59. The van der Waals surface area contributed by atoms with Gasteiger partial charge in [-0.1, -0.05) is 13.7 Å². The SMILES string of the molecule is [2H]c1c(Br)nnc(C([2H])([2H])C([2H])(C([2H])([2H])[2H])C([2H])([2H])[2H])c1[2H]. The molecule has 0 saturated carbocycles. The minimum absolute atomic E-state index is 0.185. The van der Waals surface area contributed by atoms with E-state index >= 15 is 0 Å². The number of rotatable bonds is 2. The lowest BCUT2D eigenvalue weighted by Crippen LogP contribution is -1.98. The van der Waals surface area contributed by atoms with Crippen molar-refractivity contribution in [3.05, 3.63) is 22.4 Å². The molecule has 0 aliphatic rings. The summed E-state index contributed by atoms with van der Waals surface area (Å²) in [4.78, 5) is 0. The number of nitrogens with zero attached hydrogens (tertiary/aromatic N) is 2. The zero-order valence-electron chi connectivity index (χ0n) is 16.3. The van der Waals surface area contributed by atoms with Gasteiger partial charge in [-0.25, -0.2) is 0 Å². The van der Waals surface area contributed by atoms with Gasteiger partial charge in [0.1, 0.15) is 4.60 Å². The minimum Gasteiger partial charge on any atom is -0.155 e. The third-order valence-electron chi connectivity index (χ3n) is 0.765. The van der Waals surface area contributed by atoms with E-state index in [9.17, 15) is 0 Å². The molecule has 3 heteroatoms. The second-order valence-electron chi connectivity index (χ2n) is 1.59. The molecule has 0 unspecified atom stereocenters. The predicted molar refractivity (Wildman–Crippen MR) is 48.3 cm³/mol. The van der Waals surface area contributed by atoms with Crippen LogP contribution >= 0.6 is 15.9 Å². The molecule has 60 valence electrons. The fraction of sp³-hybridized carbons (Fsp3) is 0.500. The summed E-state index contributed by atoms with van der Waals surface area (Å²) < 4.78 is 82.4. The molecule has 0 bridgehead atoms. The maximum Gasteiger partial charge on any atom is 0.128 e. The van der Waals surface area contributed by atoms with E-state index in [4.69, 9.17) is 15.1 Å². The van der Waals surface area contributed by atoms with Crippen LogP contribution in [-0.4, -0.2) is 10.2 Å². The Morgan fingerprint density at radius 1 is 1.82 bits per heavy atom. The summed E-state index contributed by atoms with van der Waals surface area (Å²) in [7, 11) is 0. The van der Waals surface area contributed by atoms with Gasteiger partial charge in [0.2, 0.25) is 0 Å². The first-order valence-corrected chi connectivity index (χ1v) is 3.38. The molecule has 1 aromatic rings. The van der Waals surface area contributed by atoms with Gasteiger partial charge in [-0.2, -0.15) is 5.10 Å². The first-order valence-electron chi connectivity index (χ1n) is 8.09. The van der Waals surface area contributed by atoms with Gasteiger partial charge in [0.05, 0.1) is 8.44 Å². The molecule has 0 aliphatic heterocycles. The summed E-state index contributed by atoms with van der Waals surface area (Å²) in [6, 6.07) is -1.43. The Balaban J connectivity index is 3.72. The highest BCUT2D eigenvalue weighted by atomic mass is 79.9. The van der Waals surface area contributed by atoms with E-state index < -0.39 is 43.7 Å². The molecule has 0 saturated heterocycles. The normalized spacial score (nSPS) is 29.7. The first-order chi connectivity index (χ1) is 9.59. The van der Waals surface area contributed by atoms with Gasteiger partial charge < -0.3 is 0 Å². The van der Waals surface area contributed by atoms with Crippen LogP contribution in [0.15, 0.2) is 16.7 Å². The quantitative estimate of drug-likeness (QED) is 0.774. The minimum atomic E-state index is -3.59. The molecule has 11 heavy (non-hydrogen) atoms.